The third kappa shape index (κ3) is 2.40. The molecule has 21 heavy (non-hydrogen) atoms. The largest absolute Gasteiger partial charge is 0.372 e. The van der Waals surface area contributed by atoms with Gasteiger partial charge in [-0.05, 0) is 43.7 Å². The first-order valence-electron chi connectivity index (χ1n) is 7.49. The van der Waals surface area contributed by atoms with Gasteiger partial charge in [0.15, 0.2) is 0 Å². The highest BCUT2D eigenvalue weighted by molar-refractivity contribution is 6.10. The van der Waals surface area contributed by atoms with Gasteiger partial charge in [-0.15, -0.1) is 0 Å². The number of rotatable bonds is 4. The second-order valence-electron chi connectivity index (χ2n) is 5.24. The number of para-hydroxylation sites is 1. The zero-order valence-corrected chi connectivity index (χ0v) is 12.5. The van der Waals surface area contributed by atoms with E-state index in [1.807, 2.05) is 41.3 Å². The van der Waals surface area contributed by atoms with Crippen LogP contribution in [0.15, 0.2) is 48.5 Å². The van der Waals surface area contributed by atoms with Crippen molar-refractivity contribution < 1.29 is 4.79 Å². The molecule has 0 fully saturated rings. The molecule has 0 N–H and O–H groups in total. The molecule has 0 radical (unpaired) electrons. The third-order valence-corrected chi connectivity index (χ3v) is 4.09. The van der Waals surface area contributed by atoms with Crippen LogP contribution < -0.4 is 9.80 Å². The molecule has 3 heteroatoms. The van der Waals surface area contributed by atoms with E-state index in [4.69, 9.17) is 0 Å². The lowest BCUT2D eigenvalue weighted by Crippen LogP contribution is -2.23. The Bertz CT molecular complexity index is 648. The van der Waals surface area contributed by atoms with E-state index < -0.39 is 0 Å². The van der Waals surface area contributed by atoms with Crippen LogP contribution >= 0.6 is 0 Å². The summed E-state index contributed by atoms with van der Waals surface area (Å²) in [6, 6.07) is 16.1. The molecule has 1 amide bonds. The average Bonchev–Trinajstić information content (AvgIpc) is 2.86. The Labute approximate surface area is 125 Å². The van der Waals surface area contributed by atoms with Gasteiger partial charge in [0.05, 0.1) is 6.54 Å². The Morgan fingerprint density at radius 2 is 1.76 bits per heavy atom. The number of hydrogen-bond donors (Lipinski definition) is 0. The van der Waals surface area contributed by atoms with Gasteiger partial charge in [-0.2, -0.15) is 0 Å². The van der Waals surface area contributed by atoms with Crippen molar-refractivity contribution >= 4 is 17.3 Å². The SMILES string of the molecule is CCN(CC)c1ccc2c(c1)C(=O)N(c1ccccc1)C2. The van der Waals surface area contributed by atoms with Crippen LogP contribution in [0.4, 0.5) is 11.4 Å². The van der Waals surface area contributed by atoms with E-state index in [1.165, 1.54) is 0 Å². The lowest BCUT2D eigenvalue weighted by Gasteiger charge is -2.21. The number of fused-ring (bicyclic) bond motifs is 1. The molecule has 1 aliphatic heterocycles. The molecule has 0 spiro atoms. The summed E-state index contributed by atoms with van der Waals surface area (Å²) >= 11 is 0. The minimum atomic E-state index is 0.102. The standard InChI is InChI=1S/C18H20N2O/c1-3-19(4-2)16-11-10-14-13-20(18(21)17(14)12-16)15-8-6-5-7-9-15/h5-12H,3-4,13H2,1-2H3. The second-order valence-corrected chi connectivity index (χ2v) is 5.24. The second kappa shape index (κ2) is 5.60. The van der Waals surface area contributed by atoms with E-state index in [1.54, 1.807) is 0 Å². The monoisotopic (exact) mass is 280 g/mol. The first kappa shape index (κ1) is 13.7. The molecular formula is C18H20N2O. The fourth-order valence-corrected chi connectivity index (χ4v) is 2.89. The van der Waals surface area contributed by atoms with E-state index in [2.05, 4.69) is 30.9 Å². The number of carbonyl (C=O) groups is 1. The lowest BCUT2D eigenvalue weighted by molar-refractivity contribution is 0.0996. The number of amides is 1. The summed E-state index contributed by atoms with van der Waals surface area (Å²) in [5.74, 6) is 0.102. The maximum absolute atomic E-state index is 12.7. The van der Waals surface area contributed by atoms with Crippen molar-refractivity contribution in [1.82, 2.24) is 0 Å². The molecular weight excluding hydrogens is 260 g/mol. The van der Waals surface area contributed by atoms with Crippen LogP contribution in [-0.2, 0) is 6.54 Å². The van der Waals surface area contributed by atoms with Gasteiger partial charge in [0.1, 0.15) is 0 Å². The molecule has 0 saturated carbocycles. The zero-order chi connectivity index (χ0) is 14.8. The van der Waals surface area contributed by atoms with E-state index in [-0.39, 0.29) is 5.91 Å². The van der Waals surface area contributed by atoms with Gasteiger partial charge in [-0.1, -0.05) is 24.3 Å². The Kier molecular flexibility index (Phi) is 3.65. The van der Waals surface area contributed by atoms with E-state index in [9.17, 15) is 4.79 Å². The van der Waals surface area contributed by atoms with Crippen LogP contribution in [0.3, 0.4) is 0 Å². The van der Waals surface area contributed by atoms with Gasteiger partial charge in [0.25, 0.3) is 5.91 Å². The highest BCUT2D eigenvalue weighted by atomic mass is 16.2. The highest BCUT2D eigenvalue weighted by Gasteiger charge is 2.28. The normalized spacial score (nSPS) is 13.4. The molecule has 3 rings (SSSR count). The summed E-state index contributed by atoms with van der Waals surface area (Å²) in [5, 5.41) is 0. The van der Waals surface area contributed by atoms with E-state index in [0.717, 1.165) is 35.6 Å². The number of hydrogen-bond acceptors (Lipinski definition) is 2. The molecule has 0 bridgehead atoms. The predicted octanol–water partition coefficient (Wildman–Crippen LogP) is 3.69. The van der Waals surface area contributed by atoms with Crippen LogP contribution in [0.2, 0.25) is 0 Å². The molecule has 0 saturated heterocycles. The van der Waals surface area contributed by atoms with Gasteiger partial charge < -0.3 is 9.80 Å². The molecule has 0 aromatic heterocycles. The Morgan fingerprint density at radius 1 is 1.05 bits per heavy atom. The van der Waals surface area contributed by atoms with Crippen LogP contribution in [0.25, 0.3) is 0 Å². The molecule has 1 aliphatic rings. The minimum absolute atomic E-state index is 0.102. The minimum Gasteiger partial charge on any atom is -0.372 e. The van der Waals surface area contributed by atoms with Crippen molar-refractivity contribution in [3.8, 4) is 0 Å². The number of benzene rings is 2. The Hall–Kier alpha value is -2.29. The van der Waals surface area contributed by atoms with Crippen LogP contribution in [0.1, 0.15) is 29.8 Å². The van der Waals surface area contributed by atoms with Crippen LogP contribution in [0.5, 0.6) is 0 Å². The topological polar surface area (TPSA) is 23.6 Å². The van der Waals surface area contributed by atoms with Gasteiger partial charge in [0.2, 0.25) is 0 Å². The molecule has 0 unspecified atom stereocenters. The smallest absolute Gasteiger partial charge is 0.259 e. The number of carbonyl (C=O) groups excluding carboxylic acids is 1. The molecule has 0 aliphatic carbocycles. The first-order chi connectivity index (χ1) is 10.2. The molecule has 0 atom stereocenters. The van der Waals surface area contributed by atoms with Gasteiger partial charge >= 0.3 is 0 Å². The van der Waals surface area contributed by atoms with Crippen molar-refractivity contribution in [2.75, 3.05) is 22.9 Å². The first-order valence-corrected chi connectivity index (χ1v) is 7.49. The summed E-state index contributed by atoms with van der Waals surface area (Å²) in [5.41, 5.74) is 4.04. The van der Waals surface area contributed by atoms with Crippen molar-refractivity contribution in [3.05, 3.63) is 59.7 Å². The summed E-state index contributed by atoms with van der Waals surface area (Å²) in [4.78, 5) is 16.8. The molecule has 2 aromatic rings. The molecule has 2 aromatic carbocycles. The summed E-state index contributed by atoms with van der Waals surface area (Å²) < 4.78 is 0. The van der Waals surface area contributed by atoms with Crippen molar-refractivity contribution in [2.24, 2.45) is 0 Å². The highest BCUT2D eigenvalue weighted by Crippen LogP contribution is 2.30. The summed E-state index contributed by atoms with van der Waals surface area (Å²) in [6.07, 6.45) is 0. The quantitative estimate of drug-likeness (QED) is 0.852. The summed E-state index contributed by atoms with van der Waals surface area (Å²) in [6.45, 7) is 6.83. The molecule has 108 valence electrons. The Morgan fingerprint density at radius 3 is 2.43 bits per heavy atom. The van der Waals surface area contributed by atoms with Gasteiger partial charge in [-0.25, -0.2) is 0 Å². The maximum atomic E-state index is 12.7. The average molecular weight is 280 g/mol. The zero-order valence-electron chi connectivity index (χ0n) is 12.5. The summed E-state index contributed by atoms with van der Waals surface area (Å²) in [7, 11) is 0. The fraction of sp³-hybridized carbons (Fsp3) is 0.278. The van der Waals surface area contributed by atoms with E-state index >= 15 is 0 Å². The lowest BCUT2D eigenvalue weighted by atomic mass is 10.1. The van der Waals surface area contributed by atoms with Crippen LogP contribution in [-0.4, -0.2) is 19.0 Å². The van der Waals surface area contributed by atoms with E-state index in [0.29, 0.717) is 6.54 Å². The fourth-order valence-electron chi connectivity index (χ4n) is 2.89. The molecule has 3 nitrogen and oxygen atoms in total. The van der Waals surface area contributed by atoms with Crippen molar-refractivity contribution in [2.45, 2.75) is 20.4 Å². The van der Waals surface area contributed by atoms with Crippen LogP contribution in [0, 0.1) is 0 Å². The number of nitrogens with zero attached hydrogens (tertiary/aromatic N) is 2. The van der Waals surface area contributed by atoms with Gasteiger partial charge in [0, 0.05) is 30.0 Å². The number of anilines is 2. The Balaban J connectivity index is 1.94. The molecule has 1 heterocycles. The van der Waals surface area contributed by atoms with Crippen molar-refractivity contribution in [3.63, 3.8) is 0 Å². The predicted molar refractivity (Wildman–Crippen MR) is 87.0 cm³/mol. The third-order valence-electron chi connectivity index (χ3n) is 4.09. The maximum Gasteiger partial charge on any atom is 0.259 e. The van der Waals surface area contributed by atoms with Crippen molar-refractivity contribution in [1.29, 1.82) is 0 Å². The van der Waals surface area contributed by atoms with Gasteiger partial charge in [-0.3, -0.25) is 4.79 Å².